The van der Waals surface area contributed by atoms with E-state index in [1.54, 1.807) is 20.4 Å². The van der Waals surface area contributed by atoms with Crippen molar-refractivity contribution in [1.29, 1.82) is 0 Å². The summed E-state index contributed by atoms with van der Waals surface area (Å²) in [6, 6.07) is 11.5. The lowest BCUT2D eigenvalue weighted by molar-refractivity contribution is -0.122. The van der Waals surface area contributed by atoms with Crippen molar-refractivity contribution in [1.82, 2.24) is 19.8 Å². The van der Waals surface area contributed by atoms with Gasteiger partial charge in [-0.3, -0.25) is 14.9 Å². The number of hydrogen-bond acceptors (Lipinski definition) is 5. The van der Waals surface area contributed by atoms with Crippen molar-refractivity contribution in [2.75, 3.05) is 33.9 Å². The minimum atomic E-state index is -0.405. The Labute approximate surface area is 209 Å². The fourth-order valence-electron chi connectivity index (χ4n) is 5.12. The molecule has 2 N–H and O–H groups in total. The number of nitrogens with zero attached hydrogens (tertiary/aromatic N) is 2. The van der Waals surface area contributed by atoms with Crippen LogP contribution < -0.4 is 14.8 Å². The third-order valence-electron chi connectivity index (χ3n) is 6.99. The molecule has 0 fully saturated rings. The van der Waals surface area contributed by atoms with Crippen LogP contribution in [0.5, 0.6) is 11.5 Å². The number of ether oxygens (including phenoxy) is 2. The zero-order valence-electron chi connectivity index (χ0n) is 21.0. The lowest BCUT2D eigenvalue weighted by Crippen LogP contribution is -2.26. The largest absolute Gasteiger partial charge is 0.493 e. The zero-order valence-corrected chi connectivity index (χ0v) is 21.0. The number of carbonyl (C=O) groups is 2. The molecule has 8 heteroatoms. The number of rotatable bonds is 9. The molecule has 186 valence electrons. The summed E-state index contributed by atoms with van der Waals surface area (Å²) in [4.78, 5) is 31.9. The zero-order chi connectivity index (χ0) is 25.4. The Balaban J connectivity index is 1.77. The van der Waals surface area contributed by atoms with Crippen molar-refractivity contribution in [3.05, 3.63) is 59.9 Å². The number of fused-ring (bicyclic) bond motifs is 2. The smallest absolute Gasteiger partial charge is 0.259 e. The van der Waals surface area contributed by atoms with E-state index < -0.39 is 11.8 Å². The van der Waals surface area contributed by atoms with E-state index in [0.717, 1.165) is 41.4 Å². The first-order chi connectivity index (χ1) is 17.5. The number of aromatic amines is 1. The monoisotopic (exact) mass is 486 g/mol. The lowest BCUT2D eigenvalue weighted by atomic mass is 9.95. The number of hydrogen-bond donors (Lipinski definition) is 2. The van der Waals surface area contributed by atoms with E-state index >= 15 is 0 Å². The topological polar surface area (TPSA) is 88.6 Å². The molecule has 0 atom stereocenters. The van der Waals surface area contributed by atoms with E-state index in [0.29, 0.717) is 40.3 Å². The molecule has 2 amide bonds. The highest BCUT2D eigenvalue weighted by molar-refractivity contribution is 6.50. The molecule has 4 aromatic rings. The molecule has 3 heterocycles. The van der Waals surface area contributed by atoms with Crippen molar-refractivity contribution in [2.45, 2.75) is 20.4 Å². The number of aromatic nitrogens is 2. The standard InChI is InChI=1S/C28H30N4O4/c1-5-31(6-2)13-14-32-16-20(18-11-12-22(35-3)26(36-4)25(18)32)24-23(27(33)30-28(24)34)19-15-29-21-10-8-7-9-17(19)21/h7-12,15-16,29H,5-6,13-14H2,1-4H3,(H,30,33,34). The van der Waals surface area contributed by atoms with Gasteiger partial charge in [-0.1, -0.05) is 32.0 Å². The second-order valence-corrected chi connectivity index (χ2v) is 8.74. The highest BCUT2D eigenvalue weighted by atomic mass is 16.5. The predicted molar refractivity (Wildman–Crippen MR) is 141 cm³/mol. The summed E-state index contributed by atoms with van der Waals surface area (Å²) in [5.74, 6) is 0.401. The third kappa shape index (κ3) is 3.74. The van der Waals surface area contributed by atoms with Gasteiger partial charge in [-0.05, 0) is 31.3 Å². The Morgan fingerprint density at radius 2 is 1.61 bits per heavy atom. The highest BCUT2D eigenvalue weighted by Gasteiger charge is 2.35. The first-order valence-corrected chi connectivity index (χ1v) is 12.1. The molecule has 0 bridgehead atoms. The van der Waals surface area contributed by atoms with Gasteiger partial charge in [0.1, 0.15) is 0 Å². The van der Waals surface area contributed by atoms with Crippen molar-refractivity contribution < 1.29 is 19.1 Å². The van der Waals surface area contributed by atoms with E-state index in [1.807, 2.05) is 42.6 Å². The van der Waals surface area contributed by atoms with Gasteiger partial charge < -0.3 is 23.9 Å². The van der Waals surface area contributed by atoms with Gasteiger partial charge >= 0.3 is 0 Å². The molecular formula is C28H30N4O4. The van der Waals surface area contributed by atoms with Crippen LogP contribution in [0.4, 0.5) is 0 Å². The lowest BCUT2D eigenvalue weighted by Gasteiger charge is -2.19. The van der Waals surface area contributed by atoms with Crippen molar-refractivity contribution in [3.63, 3.8) is 0 Å². The maximum Gasteiger partial charge on any atom is 0.259 e. The van der Waals surface area contributed by atoms with Crippen molar-refractivity contribution in [3.8, 4) is 11.5 Å². The van der Waals surface area contributed by atoms with Gasteiger partial charge in [0.2, 0.25) is 0 Å². The highest BCUT2D eigenvalue weighted by Crippen LogP contribution is 2.43. The molecule has 0 aliphatic carbocycles. The van der Waals surface area contributed by atoms with E-state index in [4.69, 9.17) is 9.47 Å². The summed E-state index contributed by atoms with van der Waals surface area (Å²) < 4.78 is 13.4. The van der Waals surface area contributed by atoms with Crippen LogP contribution in [0.25, 0.3) is 33.0 Å². The average molecular weight is 487 g/mol. The Morgan fingerprint density at radius 3 is 2.31 bits per heavy atom. The number of H-pyrrole nitrogens is 1. The number of nitrogens with one attached hydrogen (secondary N) is 2. The van der Waals surface area contributed by atoms with Crippen LogP contribution in [-0.2, 0) is 16.1 Å². The number of benzene rings is 2. The van der Waals surface area contributed by atoms with Crippen LogP contribution in [-0.4, -0.2) is 60.1 Å². The molecule has 0 spiro atoms. The van der Waals surface area contributed by atoms with Crippen LogP contribution in [0.1, 0.15) is 25.0 Å². The third-order valence-corrected chi connectivity index (χ3v) is 6.99. The Bertz CT molecular complexity index is 1510. The molecular weight excluding hydrogens is 456 g/mol. The maximum absolute atomic E-state index is 13.2. The molecule has 0 unspecified atom stereocenters. The first-order valence-electron chi connectivity index (χ1n) is 12.1. The Morgan fingerprint density at radius 1 is 0.889 bits per heavy atom. The SMILES string of the molecule is CCN(CC)CCn1cc(C2=C(c3c[nH]c4ccccc34)C(=O)NC2=O)c2ccc(OC)c(OC)c21. The molecule has 8 nitrogen and oxygen atoms in total. The molecule has 2 aromatic carbocycles. The number of para-hydroxylation sites is 1. The minimum Gasteiger partial charge on any atom is -0.493 e. The minimum absolute atomic E-state index is 0.364. The van der Waals surface area contributed by atoms with E-state index in [9.17, 15) is 9.59 Å². The summed E-state index contributed by atoms with van der Waals surface area (Å²) in [6.45, 7) is 7.67. The number of likely N-dealkylation sites (N-methyl/N-ethyl adjacent to an activating group) is 1. The predicted octanol–water partition coefficient (Wildman–Crippen LogP) is 4.05. The van der Waals surface area contributed by atoms with E-state index in [2.05, 4.69) is 33.6 Å². The van der Waals surface area contributed by atoms with Crippen LogP contribution in [0.15, 0.2) is 48.8 Å². The summed E-state index contributed by atoms with van der Waals surface area (Å²) in [5.41, 5.74) is 3.86. The van der Waals surface area contributed by atoms with E-state index in [1.165, 1.54) is 0 Å². The molecule has 2 aromatic heterocycles. The summed E-state index contributed by atoms with van der Waals surface area (Å²) in [7, 11) is 3.22. The molecule has 1 aliphatic heterocycles. The van der Waals surface area contributed by atoms with E-state index in [-0.39, 0.29) is 0 Å². The summed E-state index contributed by atoms with van der Waals surface area (Å²) >= 11 is 0. The van der Waals surface area contributed by atoms with Crippen LogP contribution >= 0.6 is 0 Å². The number of imide groups is 1. The number of methoxy groups -OCH3 is 2. The first kappa shape index (κ1) is 23.7. The van der Waals surface area contributed by atoms with Crippen LogP contribution in [0.3, 0.4) is 0 Å². The second-order valence-electron chi connectivity index (χ2n) is 8.74. The van der Waals surface area contributed by atoms with Gasteiger partial charge in [-0.25, -0.2) is 0 Å². The Hall–Kier alpha value is -4.04. The molecule has 1 aliphatic rings. The van der Waals surface area contributed by atoms with Gasteiger partial charge in [0.05, 0.1) is 30.9 Å². The number of amides is 2. The number of carbonyl (C=O) groups excluding carboxylic acids is 2. The van der Waals surface area contributed by atoms with Gasteiger partial charge in [0.15, 0.2) is 11.5 Å². The van der Waals surface area contributed by atoms with Gasteiger partial charge in [-0.15, -0.1) is 0 Å². The summed E-state index contributed by atoms with van der Waals surface area (Å²) in [6.07, 6.45) is 3.75. The quantitative estimate of drug-likeness (QED) is 0.349. The van der Waals surface area contributed by atoms with Crippen molar-refractivity contribution in [2.24, 2.45) is 0 Å². The van der Waals surface area contributed by atoms with Crippen LogP contribution in [0, 0.1) is 0 Å². The summed E-state index contributed by atoms with van der Waals surface area (Å²) in [5, 5.41) is 4.23. The molecule has 36 heavy (non-hydrogen) atoms. The fourth-order valence-corrected chi connectivity index (χ4v) is 5.12. The maximum atomic E-state index is 13.2. The molecule has 0 saturated heterocycles. The fraction of sp³-hybridized carbons (Fsp3) is 0.286. The van der Waals surface area contributed by atoms with Gasteiger partial charge in [0, 0.05) is 52.9 Å². The van der Waals surface area contributed by atoms with Gasteiger partial charge in [-0.2, -0.15) is 0 Å². The molecule has 5 rings (SSSR count). The molecule has 0 saturated carbocycles. The normalized spacial score (nSPS) is 13.9. The van der Waals surface area contributed by atoms with Crippen molar-refractivity contribution >= 4 is 44.8 Å². The van der Waals surface area contributed by atoms with Gasteiger partial charge in [0.25, 0.3) is 11.8 Å². The average Bonchev–Trinajstić information content (AvgIpc) is 3.56. The Kier molecular flexibility index (Phi) is 6.28. The molecule has 0 radical (unpaired) electrons. The van der Waals surface area contributed by atoms with Crippen LogP contribution in [0.2, 0.25) is 0 Å². The second kappa shape index (κ2) is 9.54.